The first kappa shape index (κ1) is 40.3. The molecule has 2 aliphatic heterocycles. The van der Waals surface area contributed by atoms with E-state index >= 15 is 0 Å². The van der Waals surface area contributed by atoms with Crippen molar-refractivity contribution in [2.24, 2.45) is 0 Å². The van der Waals surface area contributed by atoms with Crippen LogP contribution in [0.5, 0.6) is 0 Å². The second kappa shape index (κ2) is 19.4. The summed E-state index contributed by atoms with van der Waals surface area (Å²) in [5.41, 5.74) is 1.65. The normalized spacial score (nSPS) is 28.6. The number of hydrogen-bond acceptors (Lipinski definition) is 15. The highest BCUT2D eigenvalue weighted by atomic mass is 16.8. The first-order valence-corrected chi connectivity index (χ1v) is 16.7. The van der Waals surface area contributed by atoms with Crippen molar-refractivity contribution in [3.63, 3.8) is 0 Å². The number of benzene rings is 2. The van der Waals surface area contributed by atoms with Crippen LogP contribution in [0.2, 0.25) is 0 Å². The molecular formula is C36H45NO15. The molecule has 0 saturated carbocycles. The van der Waals surface area contributed by atoms with Crippen molar-refractivity contribution in [1.82, 2.24) is 5.32 Å². The lowest BCUT2D eigenvalue weighted by Crippen LogP contribution is -2.68. The summed E-state index contributed by atoms with van der Waals surface area (Å²) in [4.78, 5) is 61.1. The SMILES string of the molecule is CC(=O)N[C@H]1[C@@H](OCc2ccccc2)O[C@H](COCc2ccccc2)[C@@H](O[C@@H]2O[C@H](COC(C)=O)[C@H](OC(C)=O)[C@H](OC(C)=O)[C@H]2OC(C)=O)[C@@H]1O. The maximum absolute atomic E-state index is 12.4. The van der Waals surface area contributed by atoms with Gasteiger partial charge in [-0.05, 0) is 11.1 Å². The van der Waals surface area contributed by atoms with Crippen LogP contribution in [0.1, 0.15) is 45.7 Å². The molecule has 52 heavy (non-hydrogen) atoms. The highest BCUT2D eigenvalue weighted by Gasteiger charge is 2.56. The number of ether oxygens (including phenoxy) is 9. The summed E-state index contributed by atoms with van der Waals surface area (Å²) in [7, 11) is 0. The minimum Gasteiger partial charge on any atom is -0.463 e. The zero-order chi connectivity index (χ0) is 37.8. The summed E-state index contributed by atoms with van der Waals surface area (Å²) in [5, 5.41) is 14.6. The second-order valence-electron chi connectivity index (χ2n) is 12.2. The molecule has 2 aromatic carbocycles. The minimum absolute atomic E-state index is 0.0666. The van der Waals surface area contributed by atoms with E-state index < -0.39 is 97.7 Å². The van der Waals surface area contributed by atoms with E-state index in [4.69, 9.17) is 42.6 Å². The topological polar surface area (TPSA) is 201 Å². The fourth-order valence-corrected chi connectivity index (χ4v) is 5.83. The molecule has 0 bridgehead atoms. The monoisotopic (exact) mass is 731 g/mol. The number of aliphatic hydroxyl groups is 1. The van der Waals surface area contributed by atoms with Crippen LogP contribution >= 0.6 is 0 Å². The maximum Gasteiger partial charge on any atom is 0.303 e. The van der Waals surface area contributed by atoms with Gasteiger partial charge in [0.1, 0.15) is 37.1 Å². The average Bonchev–Trinajstić information content (AvgIpc) is 3.08. The number of esters is 4. The molecule has 0 aliphatic carbocycles. The fraction of sp³-hybridized carbons (Fsp3) is 0.528. The number of carbonyl (C=O) groups is 5. The molecular weight excluding hydrogens is 686 g/mol. The number of amides is 1. The van der Waals surface area contributed by atoms with Gasteiger partial charge in [0.05, 0.1) is 19.8 Å². The van der Waals surface area contributed by atoms with E-state index in [1.807, 2.05) is 60.7 Å². The predicted octanol–water partition coefficient (Wildman–Crippen LogP) is 1.48. The number of nitrogens with one attached hydrogen (secondary N) is 1. The summed E-state index contributed by atoms with van der Waals surface area (Å²) in [6, 6.07) is 17.3. The first-order chi connectivity index (χ1) is 24.8. The van der Waals surface area contributed by atoms with Crippen molar-refractivity contribution >= 4 is 29.8 Å². The molecule has 4 rings (SSSR count). The van der Waals surface area contributed by atoms with Crippen molar-refractivity contribution in [2.45, 2.75) is 109 Å². The van der Waals surface area contributed by atoms with Gasteiger partial charge in [0, 0.05) is 34.6 Å². The lowest BCUT2D eigenvalue weighted by molar-refractivity contribution is -0.351. The Hall–Kier alpha value is -4.45. The first-order valence-electron chi connectivity index (χ1n) is 16.7. The third kappa shape index (κ3) is 11.8. The van der Waals surface area contributed by atoms with E-state index in [2.05, 4.69) is 5.32 Å². The minimum atomic E-state index is -1.65. The van der Waals surface area contributed by atoms with Gasteiger partial charge in [-0.2, -0.15) is 0 Å². The Kier molecular flexibility index (Phi) is 15.0. The van der Waals surface area contributed by atoms with E-state index in [0.29, 0.717) is 0 Å². The summed E-state index contributed by atoms with van der Waals surface area (Å²) in [6.45, 7) is 5.26. The van der Waals surface area contributed by atoms with E-state index in [9.17, 15) is 29.1 Å². The summed E-state index contributed by atoms with van der Waals surface area (Å²) in [5.74, 6) is -3.67. The Morgan fingerprint density at radius 3 is 1.71 bits per heavy atom. The molecule has 2 saturated heterocycles. The molecule has 0 spiro atoms. The van der Waals surface area contributed by atoms with E-state index in [-0.39, 0.29) is 19.8 Å². The van der Waals surface area contributed by atoms with Gasteiger partial charge < -0.3 is 53.1 Å². The van der Waals surface area contributed by atoms with Crippen LogP contribution < -0.4 is 5.32 Å². The van der Waals surface area contributed by atoms with Crippen LogP contribution in [0.15, 0.2) is 60.7 Å². The van der Waals surface area contributed by atoms with E-state index in [1.165, 1.54) is 6.92 Å². The average molecular weight is 732 g/mol. The third-order valence-corrected chi connectivity index (χ3v) is 7.93. The second-order valence-corrected chi connectivity index (χ2v) is 12.2. The molecule has 0 aromatic heterocycles. The van der Waals surface area contributed by atoms with Crippen molar-refractivity contribution in [1.29, 1.82) is 0 Å². The maximum atomic E-state index is 12.4. The summed E-state index contributed by atoms with van der Waals surface area (Å²) in [6.07, 6.45) is -12.7. The summed E-state index contributed by atoms with van der Waals surface area (Å²) < 4.78 is 52.6. The largest absolute Gasteiger partial charge is 0.463 e. The van der Waals surface area contributed by atoms with Crippen LogP contribution in [0.25, 0.3) is 0 Å². The molecule has 16 nitrogen and oxygen atoms in total. The van der Waals surface area contributed by atoms with Gasteiger partial charge in [-0.3, -0.25) is 24.0 Å². The molecule has 2 fully saturated rings. The molecule has 2 aliphatic rings. The fourth-order valence-electron chi connectivity index (χ4n) is 5.83. The van der Waals surface area contributed by atoms with Gasteiger partial charge in [0.25, 0.3) is 0 Å². The molecule has 10 atom stereocenters. The Bertz CT molecular complexity index is 1490. The molecule has 2 heterocycles. The zero-order valence-electron chi connectivity index (χ0n) is 29.5. The molecule has 2 aromatic rings. The van der Waals surface area contributed by atoms with Crippen molar-refractivity contribution in [2.75, 3.05) is 13.2 Å². The van der Waals surface area contributed by atoms with Crippen LogP contribution in [0.3, 0.4) is 0 Å². The van der Waals surface area contributed by atoms with Gasteiger partial charge >= 0.3 is 23.9 Å². The van der Waals surface area contributed by atoms with Crippen LogP contribution in [-0.4, -0.2) is 109 Å². The van der Waals surface area contributed by atoms with Crippen LogP contribution in [-0.2, 0) is 79.8 Å². The number of aliphatic hydroxyl groups excluding tert-OH is 1. The van der Waals surface area contributed by atoms with Crippen molar-refractivity contribution in [3.8, 4) is 0 Å². The molecule has 16 heteroatoms. The number of hydrogen-bond donors (Lipinski definition) is 2. The Morgan fingerprint density at radius 1 is 0.635 bits per heavy atom. The quantitative estimate of drug-likeness (QED) is 0.197. The third-order valence-electron chi connectivity index (χ3n) is 7.93. The Morgan fingerprint density at radius 2 is 1.15 bits per heavy atom. The predicted molar refractivity (Wildman–Crippen MR) is 176 cm³/mol. The lowest BCUT2D eigenvalue weighted by Gasteiger charge is -2.48. The van der Waals surface area contributed by atoms with Crippen molar-refractivity contribution < 1.29 is 71.7 Å². The lowest BCUT2D eigenvalue weighted by atomic mass is 9.95. The van der Waals surface area contributed by atoms with E-state index in [1.54, 1.807) is 0 Å². The molecule has 284 valence electrons. The number of rotatable bonds is 15. The van der Waals surface area contributed by atoms with Crippen LogP contribution in [0.4, 0.5) is 0 Å². The van der Waals surface area contributed by atoms with Gasteiger partial charge in [0.2, 0.25) is 5.91 Å². The van der Waals surface area contributed by atoms with Gasteiger partial charge in [-0.25, -0.2) is 0 Å². The highest BCUT2D eigenvalue weighted by Crippen LogP contribution is 2.34. The highest BCUT2D eigenvalue weighted by molar-refractivity contribution is 5.73. The molecule has 2 N–H and O–H groups in total. The van der Waals surface area contributed by atoms with E-state index in [0.717, 1.165) is 38.8 Å². The van der Waals surface area contributed by atoms with Gasteiger partial charge in [0.15, 0.2) is 30.9 Å². The van der Waals surface area contributed by atoms with Gasteiger partial charge in [-0.1, -0.05) is 60.7 Å². The molecule has 0 radical (unpaired) electrons. The standard InChI is InChI=1S/C36H45NO15/c1-20(38)37-29-30(43)31(27(18-44-16-25-12-8-6-9-13-25)50-35(29)46-17-26-14-10-7-11-15-26)52-36-34(49-24(5)42)33(48-23(4)41)32(47-22(3)40)28(51-36)19-45-21(2)39/h6-15,27-36,43H,16-19H2,1-5H3,(H,37,38)/t27-,28-,29-,30-,31-,32+,33+,34-,35+,36+/m1/s1. The van der Waals surface area contributed by atoms with Gasteiger partial charge in [-0.15, -0.1) is 0 Å². The Balaban J connectivity index is 1.70. The smallest absolute Gasteiger partial charge is 0.303 e. The molecule has 0 unspecified atom stereocenters. The van der Waals surface area contributed by atoms with Crippen LogP contribution in [0, 0.1) is 0 Å². The Labute approximate surface area is 300 Å². The number of carbonyl (C=O) groups excluding carboxylic acids is 5. The summed E-state index contributed by atoms with van der Waals surface area (Å²) >= 11 is 0. The zero-order valence-corrected chi connectivity index (χ0v) is 29.5. The molecule has 1 amide bonds. The van der Waals surface area contributed by atoms with Crippen molar-refractivity contribution in [3.05, 3.63) is 71.8 Å².